The van der Waals surface area contributed by atoms with Gasteiger partial charge in [0.15, 0.2) is 5.69 Å². The Morgan fingerprint density at radius 1 is 1.26 bits per heavy atom. The van der Waals surface area contributed by atoms with E-state index in [1.165, 1.54) is 0 Å². The first-order chi connectivity index (χ1) is 11.0. The van der Waals surface area contributed by atoms with Crippen LogP contribution in [0.4, 0.5) is 5.82 Å². The van der Waals surface area contributed by atoms with Gasteiger partial charge < -0.3 is 15.5 Å². The summed E-state index contributed by atoms with van der Waals surface area (Å²) in [5, 5.41) is 13.8. The summed E-state index contributed by atoms with van der Waals surface area (Å²) in [5.41, 5.74) is 0.298. The molecule has 0 spiro atoms. The minimum Gasteiger partial charge on any atom is -0.366 e. The number of anilines is 1. The molecule has 7 nitrogen and oxygen atoms in total. The summed E-state index contributed by atoms with van der Waals surface area (Å²) < 4.78 is 0. The van der Waals surface area contributed by atoms with E-state index < -0.39 is 0 Å². The summed E-state index contributed by atoms with van der Waals surface area (Å²) in [4.78, 5) is 25.4. The van der Waals surface area contributed by atoms with E-state index in [4.69, 9.17) is 0 Å². The van der Waals surface area contributed by atoms with Crippen molar-refractivity contribution in [2.75, 3.05) is 25.5 Å². The van der Waals surface area contributed by atoms with Gasteiger partial charge in [0.25, 0.3) is 5.91 Å². The van der Waals surface area contributed by atoms with Gasteiger partial charge in [-0.1, -0.05) is 13.8 Å². The Kier molecular flexibility index (Phi) is 5.90. The Hall–Kier alpha value is -2.18. The molecule has 0 atom stereocenters. The lowest BCUT2D eigenvalue weighted by Gasteiger charge is -2.33. The number of nitrogens with one attached hydrogen (secondary N) is 2. The van der Waals surface area contributed by atoms with Gasteiger partial charge in [0.05, 0.1) is 0 Å². The second-order valence-corrected chi connectivity index (χ2v) is 6.28. The van der Waals surface area contributed by atoms with E-state index in [0.717, 1.165) is 25.9 Å². The molecule has 7 heteroatoms. The maximum Gasteiger partial charge on any atom is 0.271 e. The Balaban J connectivity index is 1.82. The molecule has 1 aliphatic heterocycles. The summed E-state index contributed by atoms with van der Waals surface area (Å²) in [6, 6.07) is 3.68. The molecule has 2 N–H and O–H groups in total. The minimum atomic E-state index is -0.249. The molecule has 23 heavy (non-hydrogen) atoms. The highest BCUT2D eigenvalue weighted by Gasteiger charge is 2.23. The van der Waals surface area contributed by atoms with E-state index in [1.807, 2.05) is 4.90 Å². The molecule has 1 aliphatic rings. The first kappa shape index (κ1) is 17.2. The molecular formula is C16H25N5O2. The first-order valence-corrected chi connectivity index (χ1v) is 8.09. The number of amides is 2. The van der Waals surface area contributed by atoms with Crippen LogP contribution < -0.4 is 10.6 Å². The average Bonchev–Trinajstić information content (AvgIpc) is 2.55. The van der Waals surface area contributed by atoms with E-state index in [0.29, 0.717) is 23.9 Å². The molecule has 0 aliphatic carbocycles. The third-order valence-corrected chi connectivity index (χ3v) is 3.91. The molecule has 0 aromatic carbocycles. The summed E-state index contributed by atoms with van der Waals surface area (Å²) >= 11 is 0. The van der Waals surface area contributed by atoms with Crippen LogP contribution in [0, 0.1) is 5.92 Å². The van der Waals surface area contributed by atoms with Gasteiger partial charge in [-0.2, -0.15) is 0 Å². The van der Waals surface area contributed by atoms with Gasteiger partial charge in [-0.05, 0) is 30.9 Å². The first-order valence-electron chi connectivity index (χ1n) is 8.09. The van der Waals surface area contributed by atoms with Crippen LogP contribution in [0.5, 0.6) is 0 Å². The van der Waals surface area contributed by atoms with Crippen LogP contribution >= 0.6 is 0 Å². The summed E-state index contributed by atoms with van der Waals surface area (Å²) in [6.07, 6.45) is 2.40. The van der Waals surface area contributed by atoms with Gasteiger partial charge in [-0.15, -0.1) is 10.2 Å². The van der Waals surface area contributed by atoms with Crippen molar-refractivity contribution in [3.05, 3.63) is 17.8 Å². The van der Waals surface area contributed by atoms with Gasteiger partial charge in [-0.25, -0.2) is 0 Å². The number of rotatable bonds is 5. The molecule has 0 saturated carbocycles. The van der Waals surface area contributed by atoms with Gasteiger partial charge in [0.2, 0.25) is 5.91 Å². The fourth-order valence-electron chi connectivity index (χ4n) is 2.62. The Bertz CT molecular complexity index is 536. The summed E-state index contributed by atoms with van der Waals surface area (Å²) in [5.74, 6) is 1.05. The number of carbonyl (C=O) groups is 2. The lowest BCUT2D eigenvalue weighted by molar-refractivity contribution is -0.132. The maximum atomic E-state index is 12.0. The molecule has 1 saturated heterocycles. The molecule has 0 unspecified atom stereocenters. The van der Waals surface area contributed by atoms with Gasteiger partial charge in [0.1, 0.15) is 5.82 Å². The number of piperidine rings is 1. The van der Waals surface area contributed by atoms with E-state index in [1.54, 1.807) is 19.2 Å². The zero-order chi connectivity index (χ0) is 16.8. The second-order valence-electron chi connectivity index (χ2n) is 6.28. The molecule has 2 heterocycles. The van der Waals surface area contributed by atoms with Crippen LogP contribution in [0.2, 0.25) is 0 Å². The van der Waals surface area contributed by atoms with Crippen LogP contribution in [-0.4, -0.2) is 53.1 Å². The molecule has 1 fully saturated rings. The van der Waals surface area contributed by atoms with Crippen molar-refractivity contribution >= 4 is 17.6 Å². The van der Waals surface area contributed by atoms with Gasteiger partial charge in [0, 0.05) is 32.6 Å². The Morgan fingerprint density at radius 2 is 1.96 bits per heavy atom. The largest absolute Gasteiger partial charge is 0.366 e. The predicted molar refractivity (Wildman–Crippen MR) is 88.1 cm³/mol. The number of likely N-dealkylation sites (tertiary alicyclic amines) is 1. The third-order valence-electron chi connectivity index (χ3n) is 3.91. The quantitative estimate of drug-likeness (QED) is 0.854. The standard InChI is InChI=1S/C16H25N5O2/c1-11(2)10-15(22)21-8-6-12(7-9-21)18-14-5-4-13(19-20-14)16(23)17-3/h4-5,11-12H,6-10H2,1-3H3,(H,17,23)(H,18,20). The zero-order valence-corrected chi connectivity index (χ0v) is 14.0. The highest BCUT2D eigenvalue weighted by molar-refractivity contribution is 5.91. The van der Waals surface area contributed by atoms with Crippen molar-refractivity contribution in [3.63, 3.8) is 0 Å². The molecule has 2 amide bonds. The molecule has 0 radical (unpaired) electrons. The number of nitrogens with zero attached hydrogens (tertiary/aromatic N) is 3. The fourth-order valence-corrected chi connectivity index (χ4v) is 2.62. The van der Waals surface area contributed by atoms with Crippen LogP contribution in [0.25, 0.3) is 0 Å². The van der Waals surface area contributed by atoms with Gasteiger partial charge in [-0.3, -0.25) is 9.59 Å². The number of carbonyl (C=O) groups excluding carboxylic acids is 2. The second kappa shape index (κ2) is 7.89. The average molecular weight is 319 g/mol. The van der Waals surface area contributed by atoms with E-state index in [2.05, 4.69) is 34.7 Å². The SMILES string of the molecule is CNC(=O)c1ccc(NC2CCN(C(=O)CC(C)C)CC2)nn1. The Labute approximate surface area is 136 Å². The van der Waals surface area contributed by atoms with Crippen LogP contribution in [0.3, 0.4) is 0 Å². The summed E-state index contributed by atoms with van der Waals surface area (Å²) in [6.45, 7) is 5.67. The Morgan fingerprint density at radius 3 is 2.48 bits per heavy atom. The number of hydrogen-bond donors (Lipinski definition) is 2. The van der Waals surface area contributed by atoms with Crippen LogP contribution in [0.15, 0.2) is 12.1 Å². The molecule has 1 aromatic heterocycles. The smallest absolute Gasteiger partial charge is 0.271 e. The predicted octanol–water partition coefficient (Wildman–Crippen LogP) is 1.29. The molecular weight excluding hydrogens is 294 g/mol. The highest BCUT2D eigenvalue weighted by Crippen LogP contribution is 2.16. The van der Waals surface area contributed by atoms with Gasteiger partial charge >= 0.3 is 0 Å². The van der Waals surface area contributed by atoms with Crippen molar-refractivity contribution in [3.8, 4) is 0 Å². The lowest BCUT2D eigenvalue weighted by Crippen LogP contribution is -2.42. The number of aromatic nitrogens is 2. The zero-order valence-electron chi connectivity index (χ0n) is 14.0. The van der Waals surface area contributed by atoms with Crippen molar-refractivity contribution in [2.45, 2.75) is 39.2 Å². The van der Waals surface area contributed by atoms with Crippen molar-refractivity contribution in [2.24, 2.45) is 5.92 Å². The third kappa shape index (κ3) is 4.91. The summed E-state index contributed by atoms with van der Waals surface area (Å²) in [7, 11) is 1.56. The van der Waals surface area contributed by atoms with Crippen LogP contribution in [-0.2, 0) is 4.79 Å². The highest BCUT2D eigenvalue weighted by atomic mass is 16.2. The molecule has 1 aromatic rings. The molecule has 126 valence electrons. The van der Waals surface area contributed by atoms with E-state index >= 15 is 0 Å². The van der Waals surface area contributed by atoms with Crippen LogP contribution in [0.1, 0.15) is 43.6 Å². The number of hydrogen-bond acceptors (Lipinski definition) is 5. The van der Waals surface area contributed by atoms with Crippen molar-refractivity contribution in [1.82, 2.24) is 20.4 Å². The van der Waals surface area contributed by atoms with Crippen molar-refractivity contribution < 1.29 is 9.59 Å². The topological polar surface area (TPSA) is 87.2 Å². The normalized spacial score (nSPS) is 15.6. The monoisotopic (exact) mass is 319 g/mol. The lowest BCUT2D eigenvalue weighted by atomic mass is 10.0. The van der Waals surface area contributed by atoms with E-state index in [9.17, 15) is 9.59 Å². The fraction of sp³-hybridized carbons (Fsp3) is 0.625. The van der Waals surface area contributed by atoms with Crippen molar-refractivity contribution in [1.29, 1.82) is 0 Å². The van der Waals surface area contributed by atoms with E-state index in [-0.39, 0.29) is 17.9 Å². The molecule has 2 rings (SSSR count). The maximum absolute atomic E-state index is 12.0. The minimum absolute atomic E-state index is 0.244. The molecule has 0 bridgehead atoms.